The molecule has 3 nitrogen and oxygen atoms in total. The molecule has 0 saturated heterocycles. The Morgan fingerprint density at radius 2 is 1.43 bits per heavy atom. The lowest BCUT2D eigenvalue weighted by molar-refractivity contribution is -0.117. The molecule has 0 heterocycles. The Morgan fingerprint density at radius 1 is 0.821 bits per heavy atom. The second-order valence-corrected chi connectivity index (χ2v) is 7.42. The number of aliphatic hydroxyl groups is 1. The third kappa shape index (κ3) is 18.9. The minimum absolute atomic E-state index is 0.177. The summed E-state index contributed by atoms with van der Waals surface area (Å²) in [6.07, 6.45) is 29.2. The van der Waals surface area contributed by atoms with E-state index in [2.05, 4.69) is 49.5 Å². The van der Waals surface area contributed by atoms with Crippen LogP contribution in [-0.4, -0.2) is 23.2 Å². The van der Waals surface area contributed by atoms with Crippen LogP contribution < -0.4 is 5.32 Å². The molecule has 0 radical (unpaired) electrons. The zero-order chi connectivity index (χ0) is 20.9. The Hall–Kier alpha value is -1.87. The van der Waals surface area contributed by atoms with Crippen molar-refractivity contribution in [2.24, 2.45) is 0 Å². The number of amides is 1. The molecule has 28 heavy (non-hydrogen) atoms. The van der Waals surface area contributed by atoms with Gasteiger partial charge in [0.05, 0.1) is 5.60 Å². The molecule has 0 aliphatic carbocycles. The predicted octanol–water partition coefficient (Wildman–Crippen LogP) is 6.19. The summed E-state index contributed by atoms with van der Waals surface area (Å²) in [5.41, 5.74) is -0.837. The standard InChI is InChI=1S/C25H41NO2/c1-4-6-8-10-11-12-13-14-15-16-17-18-19-21-24(27)26-23-25(3,28)22-20-9-7-5-2/h8,10-12,15-19,21,28H,4-7,9,13-14,20,22-23H2,1-3H3,(H,26,27). The van der Waals surface area contributed by atoms with Gasteiger partial charge in [0.1, 0.15) is 0 Å². The third-order valence-corrected chi connectivity index (χ3v) is 4.27. The lowest BCUT2D eigenvalue weighted by Crippen LogP contribution is -2.40. The smallest absolute Gasteiger partial charge is 0.244 e. The number of unbranched alkanes of at least 4 members (excludes halogenated alkanes) is 5. The quantitative estimate of drug-likeness (QED) is 0.189. The molecule has 0 rings (SSSR count). The lowest BCUT2D eigenvalue weighted by Gasteiger charge is -2.23. The molecule has 0 aromatic rings. The maximum atomic E-state index is 11.8. The molecule has 1 amide bonds. The van der Waals surface area contributed by atoms with Gasteiger partial charge >= 0.3 is 0 Å². The lowest BCUT2D eigenvalue weighted by atomic mass is 9.98. The number of nitrogens with one attached hydrogen (secondary N) is 1. The Kier molecular flexibility index (Phi) is 17.3. The normalized spacial score (nSPS) is 14.9. The monoisotopic (exact) mass is 387 g/mol. The third-order valence-electron chi connectivity index (χ3n) is 4.27. The van der Waals surface area contributed by atoms with E-state index in [1.54, 1.807) is 13.0 Å². The summed E-state index contributed by atoms with van der Waals surface area (Å²) < 4.78 is 0. The Morgan fingerprint density at radius 3 is 2.07 bits per heavy atom. The van der Waals surface area contributed by atoms with Crippen molar-refractivity contribution in [2.45, 2.75) is 84.2 Å². The second-order valence-electron chi connectivity index (χ2n) is 7.42. The van der Waals surface area contributed by atoms with E-state index in [0.717, 1.165) is 32.1 Å². The first-order valence-electron chi connectivity index (χ1n) is 10.8. The van der Waals surface area contributed by atoms with E-state index in [0.29, 0.717) is 6.42 Å². The molecule has 0 bridgehead atoms. The Labute approximate surface area is 173 Å². The summed E-state index contributed by atoms with van der Waals surface area (Å²) in [6, 6.07) is 0. The molecule has 0 fully saturated rings. The van der Waals surface area contributed by atoms with Crippen molar-refractivity contribution >= 4 is 5.91 Å². The van der Waals surface area contributed by atoms with Gasteiger partial charge in [-0.2, -0.15) is 0 Å². The van der Waals surface area contributed by atoms with E-state index in [4.69, 9.17) is 0 Å². The molecule has 0 aromatic heterocycles. The molecule has 2 N–H and O–H groups in total. The summed E-state index contributed by atoms with van der Waals surface area (Å²) in [4.78, 5) is 11.8. The van der Waals surface area contributed by atoms with Crippen LogP contribution in [0, 0.1) is 0 Å². The average molecular weight is 388 g/mol. The van der Waals surface area contributed by atoms with Crippen molar-refractivity contribution in [1.82, 2.24) is 5.32 Å². The summed E-state index contributed by atoms with van der Waals surface area (Å²) in [6.45, 7) is 6.41. The first-order chi connectivity index (χ1) is 13.5. The molecule has 158 valence electrons. The van der Waals surface area contributed by atoms with Gasteiger partial charge in [-0.25, -0.2) is 0 Å². The van der Waals surface area contributed by atoms with Crippen molar-refractivity contribution in [3.63, 3.8) is 0 Å². The van der Waals surface area contributed by atoms with Crippen molar-refractivity contribution < 1.29 is 9.90 Å². The highest BCUT2D eigenvalue weighted by Gasteiger charge is 2.19. The number of hydrogen-bond donors (Lipinski definition) is 2. The van der Waals surface area contributed by atoms with Gasteiger partial charge in [-0.3, -0.25) is 4.79 Å². The van der Waals surface area contributed by atoms with Crippen LogP contribution >= 0.6 is 0 Å². The van der Waals surface area contributed by atoms with Crippen LogP contribution in [-0.2, 0) is 4.79 Å². The molecule has 0 aliphatic heterocycles. The van der Waals surface area contributed by atoms with Gasteiger partial charge in [-0.05, 0) is 32.6 Å². The van der Waals surface area contributed by atoms with Crippen molar-refractivity contribution in [3.05, 3.63) is 60.8 Å². The fraction of sp³-hybridized carbons (Fsp3) is 0.560. The van der Waals surface area contributed by atoms with Gasteiger partial charge in [-0.1, -0.05) is 101 Å². The van der Waals surface area contributed by atoms with Gasteiger partial charge < -0.3 is 10.4 Å². The van der Waals surface area contributed by atoms with Crippen molar-refractivity contribution in [2.75, 3.05) is 6.54 Å². The molecular formula is C25H41NO2. The van der Waals surface area contributed by atoms with Gasteiger partial charge in [0.2, 0.25) is 5.91 Å². The summed E-state index contributed by atoms with van der Waals surface area (Å²) in [7, 11) is 0. The number of hydrogen-bond acceptors (Lipinski definition) is 2. The van der Waals surface area contributed by atoms with Crippen molar-refractivity contribution in [3.8, 4) is 0 Å². The van der Waals surface area contributed by atoms with E-state index < -0.39 is 5.60 Å². The van der Waals surface area contributed by atoms with Gasteiger partial charge in [0.15, 0.2) is 0 Å². The maximum Gasteiger partial charge on any atom is 0.244 e. The average Bonchev–Trinajstić information content (AvgIpc) is 2.67. The summed E-state index contributed by atoms with van der Waals surface area (Å²) >= 11 is 0. The van der Waals surface area contributed by atoms with E-state index in [-0.39, 0.29) is 12.5 Å². The highest BCUT2D eigenvalue weighted by atomic mass is 16.3. The zero-order valence-corrected chi connectivity index (χ0v) is 18.2. The van der Waals surface area contributed by atoms with Gasteiger partial charge in [0, 0.05) is 12.6 Å². The molecule has 0 saturated carbocycles. The fourth-order valence-corrected chi connectivity index (χ4v) is 2.51. The maximum absolute atomic E-state index is 11.8. The fourth-order valence-electron chi connectivity index (χ4n) is 2.51. The number of carbonyl (C=O) groups is 1. The minimum atomic E-state index is -0.837. The second kappa shape index (κ2) is 18.5. The molecule has 1 unspecified atom stereocenters. The van der Waals surface area contributed by atoms with E-state index in [9.17, 15) is 9.90 Å². The van der Waals surface area contributed by atoms with E-state index in [1.807, 2.05) is 18.2 Å². The number of rotatable bonds is 16. The van der Waals surface area contributed by atoms with Gasteiger partial charge in [0.25, 0.3) is 0 Å². The molecule has 0 aliphatic rings. The first kappa shape index (κ1) is 26.1. The van der Waals surface area contributed by atoms with Gasteiger partial charge in [-0.15, -0.1) is 0 Å². The first-order valence-corrected chi connectivity index (χ1v) is 10.8. The topological polar surface area (TPSA) is 49.3 Å². The van der Waals surface area contributed by atoms with Crippen LogP contribution in [0.5, 0.6) is 0 Å². The van der Waals surface area contributed by atoms with Crippen LogP contribution in [0.2, 0.25) is 0 Å². The largest absolute Gasteiger partial charge is 0.388 e. The molecule has 1 atom stereocenters. The minimum Gasteiger partial charge on any atom is -0.388 e. The van der Waals surface area contributed by atoms with E-state index in [1.165, 1.54) is 25.3 Å². The molecular weight excluding hydrogens is 346 g/mol. The predicted molar refractivity (Wildman–Crippen MR) is 122 cm³/mol. The van der Waals surface area contributed by atoms with Crippen LogP contribution in [0.15, 0.2) is 60.8 Å². The zero-order valence-electron chi connectivity index (χ0n) is 18.2. The summed E-state index contributed by atoms with van der Waals surface area (Å²) in [5, 5.41) is 13.0. The molecule has 0 spiro atoms. The Bertz CT molecular complexity index is 525. The highest BCUT2D eigenvalue weighted by Crippen LogP contribution is 2.14. The number of carbonyl (C=O) groups excluding carboxylic acids is 1. The van der Waals surface area contributed by atoms with Crippen LogP contribution in [0.25, 0.3) is 0 Å². The Balaban J connectivity index is 3.88. The SMILES string of the molecule is CCCC=CC=CCCC=CC=CC=CC(=O)NCC(C)(O)CCCCCC. The molecule has 0 aromatic carbocycles. The summed E-state index contributed by atoms with van der Waals surface area (Å²) in [5.74, 6) is -0.177. The van der Waals surface area contributed by atoms with Crippen LogP contribution in [0.4, 0.5) is 0 Å². The number of allylic oxidation sites excluding steroid dienone is 9. The molecule has 3 heteroatoms. The van der Waals surface area contributed by atoms with Crippen molar-refractivity contribution in [1.29, 1.82) is 0 Å². The highest BCUT2D eigenvalue weighted by molar-refractivity contribution is 5.87. The van der Waals surface area contributed by atoms with E-state index >= 15 is 0 Å². The van der Waals surface area contributed by atoms with Crippen LogP contribution in [0.1, 0.15) is 78.6 Å². The van der Waals surface area contributed by atoms with Crippen LogP contribution in [0.3, 0.4) is 0 Å².